The van der Waals surface area contributed by atoms with Gasteiger partial charge in [-0.3, -0.25) is 4.79 Å². The number of urea groups is 1. The van der Waals surface area contributed by atoms with E-state index in [1.807, 2.05) is 38.1 Å². The molecule has 0 aliphatic heterocycles. The van der Waals surface area contributed by atoms with Gasteiger partial charge in [-0.2, -0.15) is 0 Å². The third kappa shape index (κ3) is 6.05. The summed E-state index contributed by atoms with van der Waals surface area (Å²) in [6.45, 7) is 6.43. The largest absolute Gasteiger partial charge is 0.466 e. The molecule has 1 unspecified atom stereocenters. The smallest absolute Gasteiger partial charge is 0.322 e. The van der Waals surface area contributed by atoms with Crippen molar-refractivity contribution in [1.82, 2.24) is 4.90 Å². The highest BCUT2D eigenvalue weighted by Crippen LogP contribution is 2.17. The quantitative estimate of drug-likeness (QED) is 0.736. The van der Waals surface area contributed by atoms with Gasteiger partial charge in [-0.1, -0.05) is 28.9 Å². The molecule has 1 N–H and O–H groups in total. The molecule has 0 aliphatic carbocycles. The van der Waals surface area contributed by atoms with E-state index in [0.717, 1.165) is 10.9 Å². The SMILES string of the molecule is CCOC(=O)CCN(C(=O)Nc1cccc(Br)c1)C(C)CC. The molecule has 0 aromatic heterocycles. The van der Waals surface area contributed by atoms with Gasteiger partial charge in [-0.05, 0) is 38.5 Å². The first-order valence-electron chi connectivity index (χ1n) is 7.46. The van der Waals surface area contributed by atoms with E-state index in [9.17, 15) is 9.59 Å². The van der Waals surface area contributed by atoms with E-state index in [4.69, 9.17) is 4.74 Å². The third-order valence-electron chi connectivity index (χ3n) is 3.32. The van der Waals surface area contributed by atoms with Crippen molar-refractivity contribution >= 4 is 33.6 Å². The van der Waals surface area contributed by atoms with Crippen LogP contribution in [0, 0.1) is 0 Å². The van der Waals surface area contributed by atoms with Gasteiger partial charge in [0, 0.05) is 22.7 Å². The molecule has 0 saturated heterocycles. The predicted molar refractivity (Wildman–Crippen MR) is 90.9 cm³/mol. The maximum absolute atomic E-state index is 12.4. The standard InChI is InChI=1S/C16H23BrN2O3/c1-4-12(3)19(10-9-15(20)22-5-2)16(21)18-14-8-6-7-13(17)11-14/h6-8,11-12H,4-5,9-10H2,1-3H3,(H,18,21). The van der Waals surface area contributed by atoms with E-state index in [1.165, 1.54) is 0 Å². The normalized spacial score (nSPS) is 11.6. The van der Waals surface area contributed by atoms with Gasteiger partial charge in [-0.15, -0.1) is 0 Å². The third-order valence-corrected chi connectivity index (χ3v) is 3.82. The van der Waals surface area contributed by atoms with Crippen LogP contribution in [0.25, 0.3) is 0 Å². The van der Waals surface area contributed by atoms with Crippen molar-refractivity contribution in [2.24, 2.45) is 0 Å². The zero-order valence-corrected chi connectivity index (χ0v) is 14.9. The Hall–Kier alpha value is -1.56. The Morgan fingerprint density at radius 3 is 2.68 bits per heavy atom. The summed E-state index contributed by atoms with van der Waals surface area (Å²) in [4.78, 5) is 25.6. The molecule has 0 radical (unpaired) electrons. The van der Waals surface area contributed by atoms with Gasteiger partial charge in [-0.25, -0.2) is 4.79 Å². The van der Waals surface area contributed by atoms with E-state index >= 15 is 0 Å². The summed E-state index contributed by atoms with van der Waals surface area (Å²) in [5.41, 5.74) is 0.712. The number of anilines is 1. The zero-order chi connectivity index (χ0) is 16.5. The van der Waals surface area contributed by atoms with Crippen molar-refractivity contribution in [1.29, 1.82) is 0 Å². The summed E-state index contributed by atoms with van der Waals surface area (Å²) < 4.78 is 5.81. The molecule has 22 heavy (non-hydrogen) atoms. The molecule has 122 valence electrons. The highest BCUT2D eigenvalue weighted by Gasteiger charge is 2.20. The van der Waals surface area contributed by atoms with Crippen LogP contribution in [0.3, 0.4) is 0 Å². The molecule has 6 heteroatoms. The summed E-state index contributed by atoms with van der Waals surface area (Å²) in [7, 11) is 0. The number of esters is 1. The van der Waals surface area contributed by atoms with Gasteiger partial charge in [0.1, 0.15) is 0 Å². The number of benzene rings is 1. The molecular formula is C16H23BrN2O3. The van der Waals surface area contributed by atoms with Crippen LogP contribution in [0.15, 0.2) is 28.7 Å². The first kappa shape index (κ1) is 18.5. The van der Waals surface area contributed by atoms with Gasteiger partial charge in [0.15, 0.2) is 0 Å². The number of halogens is 1. The Morgan fingerprint density at radius 1 is 1.36 bits per heavy atom. The minimum absolute atomic E-state index is 0.0431. The van der Waals surface area contributed by atoms with E-state index < -0.39 is 0 Å². The highest BCUT2D eigenvalue weighted by molar-refractivity contribution is 9.10. The number of rotatable bonds is 7. The van der Waals surface area contributed by atoms with Crippen LogP contribution in [0.2, 0.25) is 0 Å². The minimum Gasteiger partial charge on any atom is -0.466 e. The summed E-state index contributed by atoms with van der Waals surface area (Å²) >= 11 is 3.37. The molecule has 1 atom stereocenters. The number of carbonyl (C=O) groups excluding carboxylic acids is 2. The lowest BCUT2D eigenvalue weighted by Gasteiger charge is -2.28. The topological polar surface area (TPSA) is 58.6 Å². The van der Waals surface area contributed by atoms with Gasteiger partial charge >= 0.3 is 12.0 Å². The van der Waals surface area contributed by atoms with Crippen LogP contribution < -0.4 is 5.32 Å². The molecule has 2 amide bonds. The van der Waals surface area contributed by atoms with Crippen molar-refractivity contribution in [2.75, 3.05) is 18.5 Å². The van der Waals surface area contributed by atoms with Gasteiger partial charge in [0.05, 0.1) is 13.0 Å². The Labute approximate surface area is 140 Å². The number of hydrogen-bond acceptors (Lipinski definition) is 3. The van der Waals surface area contributed by atoms with Crippen LogP contribution in [0.1, 0.15) is 33.6 Å². The molecule has 0 saturated carbocycles. The Bertz CT molecular complexity index is 508. The lowest BCUT2D eigenvalue weighted by molar-refractivity contribution is -0.143. The van der Waals surface area contributed by atoms with Gasteiger partial charge in [0.25, 0.3) is 0 Å². The average molecular weight is 371 g/mol. The number of carbonyl (C=O) groups is 2. The molecule has 1 aromatic carbocycles. The van der Waals surface area contributed by atoms with Crippen LogP contribution in [0.4, 0.5) is 10.5 Å². The van der Waals surface area contributed by atoms with Gasteiger partial charge < -0.3 is 15.0 Å². The zero-order valence-electron chi connectivity index (χ0n) is 13.3. The fourth-order valence-electron chi connectivity index (χ4n) is 1.95. The molecule has 1 aromatic rings. The minimum atomic E-state index is -0.286. The van der Waals surface area contributed by atoms with Crippen molar-refractivity contribution in [3.05, 3.63) is 28.7 Å². The predicted octanol–water partition coefficient (Wildman–Crippen LogP) is 4.03. The lowest BCUT2D eigenvalue weighted by Crippen LogP contribution is -2.42. The van der Waals surface area contributed by atoms with Crippen LogP contribution in [-0.4, -0.2) is 36.1 Å². The van der Waals surface area contributed by atoms with Crippen LogP contribution in [-0.2, 0) is 9.53 Å². The number of nitrogens with one attached hydrogen (secondary N) is 1. The van der Waals surface area contributed by atoms with E-state index in [2.05, 4.69) is 21.2 Å². The first-order chi connectivity index (χ1) is 10.5. The van der Waals surface area contributed by atoms with E-state index in [1.54, 1.807) is 11.8 Å². The molecule has 0 fully saturated rings. The maximum atomic E-state index is 12.4. The Morgan fingerprint density at radius 2 is 2.09 bits per heavy atom. The average Bonchev–Trinajstić information content (AvgIpc) is 2.47. The molecule has 0 aliphatic rings. The first-order valence-corrected chi connectivity index (χ1v) is 8.26. The second kappa shape index (κ2) is 9.46. The second-order valence-corrected chi connectivity index (χ2v) is 5.86. The Balaban J connectivity index is 2.69. The van der Waals surface area contributed by atoms with Gasteiger partial charge in [0.2, 0.25) is 0 Å². The molecule has 0 heterocycles. The van der Waals surface area contributed by atoms with Crippen LogP contribution >= 0.6 is 15.9 Å². The monoisotopic (exact) mass is 370 g/mol. The fraction of sp³-hybridized carbons (Fsp3) is 0.500. The summed E-state index contributed by atoms with van der Waals surface area (Å²) in [5, 5.41) is 2.86. The van der Waals surface area contributed by atoms with Crippen molar-refractivity contribution in [2.45, 2.75) is 39.7 Å². The molecular weight excluding hydrogens is 348 g/mol. The summed E-state index contributed by atoms with van der Waals surface area (Å²) in [6, 6.07) is 7.23. The van der Waals surface area contributed by atoms with Crippen molar-refractivity contribution < 1.29 is 14.3 Å². The van der Waals surface area contributed by atoms with Crippen LogP contribution in [0.5, 0.6) is 0 Å². The molecule has 0 bridgehead atoms. The fourth-order valence-corrected chi connectivity index (χ4v) is 2.35. The number of amides is 2. The number of nitrogens with zero attached hydrogens (tertiary/aromatic N) is 1. The lowest BCUT2D eigenvalue weighted by atomic mass is 10.2. The molecule has 1 rings (SSSR count). The number of ether oxygens (including phenoxy) is 1. The van der Waals surface area contributed by atoms with Crippen molar-refractivity contribution in [3.63, 3.8) is 0 Å². The second-order valence-electron chi connectivity index (χ2n) is 4.95. The molecule has 0 spiro atoms. The summed E-state index contributed by atoms with van der Waals surface area (Å²) in [5.74, 6) is -0.286. The van der Waals surface area contributed by atoms with Crippen molar-refractivity contribution in [3.8, 4) is 0 Å². The number of hydrogen-bond donors (Lipinski definition) is 1. The maximum Gasteiger partial charge on any atom is 0.322 e. The summed E-state index contributed by atoms with van der Waals surface area (Å²) in [6.07, 6.45) is 1.01. The van der Waals surface area contributed by atoms with E-state index in [0.29, 0.717) is 18.8 Å². The Kier molecular flexibility index (Phi) is 7.95. The highest BCUT2D eigenvalue weighted by atomic mass is 79.9. The van der Waals surface area contributed by atoms with E-state index in [-0.39, 0.29) is 24.5 Å². The molecule has 5 nitrogen and oxygen atoms in total.